The van der Waals surface area contributed by atoms with E-state index in [1.807, 2.05) is 24.6 Å². The number of hydrogen-bond acceptors (Lipinski definition) is 9. The van der Waals surface area contributed by atoms with Crippen LogP contribution in [0.3, 0.4) is 0 Å². The van der Waals surface area contributed by atoms with Crippen LogP contribution in [0.25, 0.3) is 10.9 Å². The lowest BCUT2D eigenvalue weighted by Gasteiger charge is -2.32. The van der Waals surface area contributed by atoms with Gasteiger partial charge in [-0.15, -0.1) is 0 Å². The summed E-state index contributed by atoms with van der Waals surface area (Å²) in [6.45, 7) is 7.92. The zero-order chi connectivity index (χ0) is 24.6. The maximum atomic E-state index is 13.9. The topological polar surface area (TPSA) is 147 Å². The van der Waals surface area contributed by atoms with Gasteiger partial charge in [-0.25, -0.2) is 14.4 Å². The summed E-state index contributed by atoms with van der Waals surface area (Å²) in [5.74, 6) is 1.45. The molecule has 2 unspecified atom stereocenters. The number of amides is 1. The Hall–Kier alpha value is -3.54. The van der Waals surface area contributed by atoms with Crippen LogP contribution in [0, 0.1) is 0 Å². The van der Waals surface area contributed by atoms with Crippen LogP contribution < -0.4 is 21.3 Å². The van der Waals surface area contributed by atoms with E-state index in [4.69, 9.17) is 5.73 Å². The number of hydrogen-bond donors (Lipinski definition) is 4. The average Bonchev–Trinajstić information content (AvgIpc) is 3.13. The van der Waals surface area contributed by atoms with Gasteiger partial charge in [0.1, 0.15) is 23.3 Å². The molecular weight excluding hydrogens is 441 g/mol. The number of carbonyl (C=O) groups is 1. The van der Waals surface area contributed by atoms with Gasteiger partial charge in [0.05, 0.1) is 23.6 Å². The molecule has 0 saturated carbocycles. The molecule has 1 amide bonds. The largest absolute Gasteiger partial charge is 0.390 e. The van der Waals surface area contributed by atoms with Gasteiger partial charge in [-0.1, -0.05) is 0 Å². The van der Waals surface area contributed by atoms with E-state index in [0.717, 1.165) is 10.9 Å². The van der Waals surface area contributed by atoms with Crippen LogP contribution in [0.4, 0.5) is 27.8 Å². The number of aliphatic hydroxyl groups is 1. The standard InChI is InChI=1S/C22H30FN9O2/c1-12(2)32-15-9-18(26-10-13(15)19(30-32)29-22(3,4)20(24)34)27-17-5-7-25-21(28-17)31-8-6-16(33)14(23)11-31/h5,7,9-10,12,14,16,33H,6,8,11H2,1-4H3,(H2,24,34)(H,29,30)(H,25,26,27,28). The van der Waals surface area contributed by atoms with Crippen molar-refractivity contribution in [1.82, 2.24) is 24.7 Å². The number of primary amides is 1. The highest BCUT2D eigenvalue weighted by molar-refractivity contribution is 5.94. The van der Waals surface area contributed by atoms with Crippen LogP contribution in [0.1, 0.15) is 40.2 Å². The van der Waals surface area contributed by atoms with Crippen molar-refractivity contribution in [3.63, 3.8) is 0 Å². The fourth-order valence-corrected chi connectivity index (χ4v) is 3.72. The monoisotopic (exact) mass is 471 g/mol. The molecule has 1 fully saturated rings. The van der Waals surface area contributed by atoms with E-state index in [1.165, 1.54) is 0 Å². The number of aliphatic hydroxyl groups excluding tert-OH is 1. The number of piperidine rings is 1. The van der Waals surface area contributed by atoms with Crippen LogP contribution >= 0.6 is 0 Å². The summed E-state index contributed by atoms with van der Waals surface area (Å²) in [6.07, 6.45) is 1.30. The minimum atomic E-state index is -1.34. The van der Waals surface area contributed by atoms with Crippen molar-refractivity contribution in [2.24, 2.45) is 5.73 Å². The van der Waals surface area contributed by atoms with E-state index in [-0.39, 0.29) is 12.6 Å². The first-order chi connectivity index (χ1) is 16.0. The Morgan fingerprint density at radius 2 is 2.09 bits per heavy atom. The first kappa shape index (κ1) is 23.6. The number of rotatable bonds is 7. The van der Waals surface area contributed by atoms with Crippen molar-refractivity contribution in [3.8, 4) is 0 Å². The fraction of sp³-hybridized carbons (Fsp3) is 0.500. The minimum Gasteiger partial charge on any atom is -0.390 e. The zero-order valence-corrected chi connectivity index (χ0v) is 19.7. The number of halogens is 1. The molecule has 5 N–H and O–H groups in total. The normalized spacial score (nSPS) is 19.0. The van der Waals surface area contributed by atoms with Crippen molar-refractivity contribution in [3.05, 3.63) is 24.5 Å². The Balaban J connectivity index is 1.61. The molecule has 0 bridgehead atoms. The maximum Gasteiger partial charge on any atom is 0.242 e. The Morgan fingerprint density at radius 1 is 1.32 bits per heavy atom. The Labute approximate surface area is 196 Å². The van der Waals surface area contributed by atoms with Crippen LogP contribution in [-0.2, 0) is 4.79 Å². The number of nitrogens with one attached hydrogen (secondary N) is 2. The Kier molecular flexibility index (Phi) is 6.26. The van der Waals surface area contributed by atoms with E-state index in [9.17, 15) is 14.3 Å². The number of nitrogens with two attached hydrogens (primary N) is 1. The molecule has 1 aliphatic heterocycles. The van der Waals surface area contributed by atoms with Gasteiger partial charge in [-0.2, -0.15) is 10.1 Å². The lowest BCUT2D eigenvalue weighted by Crippen LogP contribution is -2.45. The molecule has 0 radical (unpaired) electrons. The van der Waals surface area contributed by atoms with Crippen molar-refractivity contribution in [1.29, 1.82) is 0 Å². The summed E-state index contributed by atoms with van der Waals surface area (Å²) in [6, 6.07) is 3.60. The number of alkyl halides is 1. The van der Waals surface area contributed by atoms with Gasteiger partial charge in [0, 0.05) is 31.0 Å². The van der Waals surface area contributed by atoms with Gasteiger partial charge in [0.2, 0.25) is 11.9 Å². The number of carbonyl (C=O) groups excluding carboxylic acids is 1. The zero-order valence-electron chi connectivity index (χ0n) is 19.7. The smallest absolute Gasteiger partial charge is 0.242 e. The lowest BCUT2D eigenvalue weighted by molar-refractivity contribution is -0.121. The Morgan fingerprint density at radius 3 is 2.76 bits per heavy atom. The second kappa shape index (κ2) is 9.01. The van der Waals surface area contributed by atoms with Crippen LogP contribution in [0.15, 0.2) is 24.5 Å². The third-order valence-corrected chi connectivity index (χ3v) is 5.82. The van der Waals surface area contributed by atoms with Crippen LogP contribution in [-0.4, -0.2) is 66.7 Å². The first-order valence-electron chi connectivity index (χ1n) is 11.2. The summed E-state index contributed by atoms with van der Waals surface area (Å²) < 4.78 is 15.8. The summed E-state index contributed by atoms with van der Waals surface area (Å²) in [4.78, 5) is 26.7. The highest BCUT2D eigenvalue weighted by Crippen LogP contribution is 2.29. The van der Waals surface area contributed by atoms with Gasteiger partial charge in [0.15, 0.2) is 5.82 Å². The maximum absolute atomic E-state index is 13.9. The number of aromatic nitrogens is 5. The SMILES string of the molecule is CC(C)n1nc(NC(C)(C)C(N)=O)c2cnc(Nc3ccnc(N4CCC(O)C(F)C4)n3)cc21. The van der Waals surface area contributed by atoms with Gasteiger partial charge in [-0.3, -0.25) is 9.48 Å². The predicted octanol–water partition coefficient (Wildman–Crippen LogP) is 2.13. The van der Waals surface area contributed by atoms with Gasteiger partial charge in [-0.05, 0) is 40.2 Å². The van der Waals surface area contributed by atoms with E-state index in [2.05, 4.69) is 30.7 Å². The molecule has 11 nitrogen and oxygen atoms in total. The number of fused-ring (bicyclic) bond motifs is 1. The molecule has 12 heteroatoms. The van der Waals surface area contributed by atoms with Crippen LogP contribution in [0.2, 0.25) is 0 Å². The highest BCUT2D eigenvalue weighted by Gasteiger charge is 2.29. The van der Waals surface area contributed by atoms with Crippen LogP contribution in [0.5, 0.6) is 0 Å². The average molecular weight is 472 g/mol. The molecule has 0 spiro atoms. The summed E-state index contributed by atoms with van der Waals surface area (Å²) in [5, 5.41) is 21.3. The minimum absolute atomic E-state index is 0.0415. The molecule has 3 aromatic rings. The van der Waals surface area contributed by atoms with E-state index >= 15 is 0 Å². The second-order valence-electron chi connectivity index (χ2n) is 9.27. The molecule has 4 heterocycles. The second-order valence-corrected chi connectivity index (χ2v) is 9.27. The lowest BCUT2D eigenvalue weighted by atomic mass is 10.1. The van der Waals surface area contributed by atoms with Crippen molar-refractivity contribution in [2.75, 3.05) is 28.6 Å². The number of nitrogens with zero attached hydrogens (tertiary/aromatic N) is 6. The summed E-state index contributed by atoms with van der Waals surface area (Å²) in [5.41, 5.74) is 5.34. The van der Waals surface area contributed by atoms with Crippen molar-refractivity contribution in [2.45, 2.75) is 58.0 Å². The first-order valence-corrected chi connectivity index (χ1v) is 11.2. The van der Waals surface area contributed by atoms with Gasteiger partial charge >= 0.3 is 0 Å². The van der Waals surface area contributed by atoms with E-state index in [0.29, 0.717) is 36.4 Å². The molecule has 1 aliphatic rings. The number of anilines is 4. The van der Waals surface area contributed by atoms with Gasteiger partial charge in [0.25, 0.3) is 0 Å². The summed E-state index contributed by atoms with van der Waals surface area (Å²) in [7, 11) is 0. The van der Waals surface area contributed by atoms with Gasteiger partial charge < -0.3 is 26.4 Å². The van der Waals surface area contributed by atoms with E-state index in [1.54, 1.807) is 37.2 Å². The molecular formula is C22H30FN9O2. The molecule has 0 aliphatic carbocycles. The highest BCUT2D eigenvalue weighted by atomic mass is 19.1. The molecule has 3 aromatic heterocycles. The predicted molar refractivity (Wildman–Crippen MR) is 128 cm³/mol. The quantitative estimate of drug-likeness (QED) is 0.407. The van der Waals surface area contributed by atoms with E-state index < -0.39 is 23.7 Å². The number of pyridine rings is 1. The molecule has 4 rings (SSSR count). The third-order valence-electron chi connectivity index (χ3n) is 5.82. The molecule has 1 saturated heterocycles. The Bertz CT molecular complexity index is 1200. The third kappa shape index (κ3) is 4.72. The van der Waals surface area contributed by atoms with Crippen molar-refractivity contribution < 1.29 is 14.3 Å². The molecule has 182 valence electrons. The molecule has 0 aromatic carbocycles. The molecule has 2 atom stereocenters. The summed E-state index contributed by atoms with van der Waals surface area (Å²) >= 11 is 0. The molecule has 34 heavy (non-hydrogen) atoms. The fourth-order valence-electron chi connectivity index (χ4n) is 3.72. The van der Waals surface area contributed by atoms with Crippen molar-refractivity contribution >= 4 is 40.2 Å².